The van der Waals surface area contributed by atoms with Crippen molar-refractivity contribution in [3.63, 3.8) is 0 Å². The van der Waals surface area contributed by atoms with Crippen molar-refractivity contribution in [2.24, 2.45) is 0 Å². The predicted molar refractivity (Wildman–Crippen MR) is 62.2 cm³/mol. The zero-order chi connectivity index (χ0) is 7.40. The van der Waals surface area contributed by atoms with Crippen LogP contribution in [0.15, 0.2) is 28.3 Å². The Morgan fingerprint density at radius 2 is 1.70 bits per heavy atom. The van der Waals surface area contributed by atoms with Gasteiger partial charge >= 0.3 is 0 Å². The Morgan fingerprint density at radius 1 is 1.10 bits per heavy atom. The molecule has 0 nitrogen and oxygen atoms in total. The fourth-order valence-corrected chi connectivity index (χ4v) is 1.42. The van der Waals surface area contributed by atoms with E-state index < -0.39 is 0 Å². The molecule has 0 atom stereocenters. The molecule has 0 N–H and O–H groups in total. The van der Waals surface area contributed by atoms with Gasteiger partial charge in [0.1, 0.15) is 0 Å². The highest BCUT2D eigenvalue weighted by atomic mass is 127. The van der Waals surface area contributed by atoms with E-state index in [1.54, 1.807) is 0 Å². The first-order valence-corrected chi connectivity index (χ1v) is 5.17. The van der Waals surface area contributed by atoms with Crippen molar-refractivity contribution in [3.8, 4) is 0 Å². The van der Waals surface area contributed by atoms with Crippen LogP contribution >= 0.6 is 45.2 Å². The van der Waals surface area contributed by atoms with Gasteiger partial charge in [0.05, 0.1) is 0 Å². The summed E-state index contributed by atoms with van der Waals surface area (Å²) in [5.74, 6) is 0. The lowest BCUT2D eigenvalue weighted by atomic mass is 10.2. The Kier molecular flexibility index (Phi) is 3.69. The molecule has 0 bridgehead atoms. The van der Waals surface area contributed by atoms with Crippen molar-refractivity contribution in [1.29, 1.82) is 0 Å². The maximum Gasteiger partial charge on any atom is 0.0130 e. The summed E-state index contributed by atoms with van der Waals surface area (Å²) in [5.41, 5.74) is 1.26. The van der Waals surface area contributed by atoms with Crippen LogP contribution in [0.2, 0.25) is 0 Å². The molecule has 2 heteroatoms. The van der Waals surface area contributed by atoms with Gasteiger partial charge in [-0.1, -0.05) is 34.7 Å². The first-order valence-electron chi connectivity index (χ1n) is 2.85. The first-order chi connectivity index (χ1) is 4.83. The van der Waals surface area contributed by atoms with Crippen LogP contribution in [0.5, 0.6) is 0 Å². The summed E-state index contributed by atoms with van der Waals surface area (Å²) in [7, 11) is 0. The normalized spacial score (nSPS) is 10.6. The second-order valence-corrected chi connectivity index (χ2v) is 3.81. The van der Waals surface area contributed by atoms with Crippen LogP contribution in [0, 0.1) is 3.57 Å². The number of hydrogen-bond acceptors (Lipinski definition) is 0. The van der Waals surface area contributed by atoms with Gasteiger partial charge in [0, 0.05) is 3.57 Å². The number of hydrogen-bond donors (Lipinski definition) is 0. The van der Waals surface area contributed by atoms with Gasteiger partial charge < -0.3 is 0 Å². The molecule has 0 aromatic heterocycles. The number of halogens is 2. The summed E-state index contributed by atoms with van der Waals surface area (Å²) in [6, 6.07) is 8.42. The monoisotopic (exact) mass is 356 g/mol. The van der Waals surface area contributed by atoms with Gasteiger partial charge in [-0.25, -0.2) is 0 Å². The molecule has 52 valence electrons. The lowest BCUT2D eigenvalue weighted by Gasteiger charge is -1.90. The van der Waals surface area contributed by atoms with Crippen molar-refractivity contribution in [3.05, 3.63) is 37.5 Å². The maximum atomic E-state index is 2.30. The molecule has 0 heterocycles. The molecule has 0 aliphatic heterocycles. The summed E-state index contributed by atoms with van der Waals surface area (Å²) >= 11 is 4.52. The van der Waals surface area contributed by atoms with Gasteiger partial charge in [0.25, 0.3) is 0 Å². The van der Waals surface area contributed by atoms with E-state index in [0.29, 0.717) is 0 Å². The zero-order valence-corrected chi connectivity index (χ0v) is 9.54. The second-order valence-electron chi connectivity index (χ2n) is 1.84. The Labute approximate surface area is 88.0 Å². The fourth-order valence-electron chi connectivity index (χ4n) is 0.647. The smallest absolute Gasteiger partial charge is 0.0130 e. The average Bonchev–Trinajstić information content (AvgIpc) is 1.95. The first kappa shape index (κ1) is 8.52. The van der Waals surface area contributed by atoms with Gasteiger partial charge in [-0.2, -0.15) is 0 Å². The summed E-state index contributed by atoms with van der Waals surface area (Å²) in [4.78, 5) is 0. The minimum Gasteiger partial charge on any atom is -0.0539 e. The Morgan fingerprint density at radius 3 is 2.20 bits per heavy atom. The molecule has 0 aliphatic carbocycles. The maximum absolute atomic E-state index is 2.30. The van der Waals surface area contributed by atoms with E-state index in [1.165, 1.54) is 9.13 Å². The van der Waals surface area contributed by atoms with Crippen LogP contribution in [-0.2, 0) is 0 Å². The molecule has 0 radical (unpaired) electrons. The molecular weight excluding hydrogens is 350 g/mol. The van der Waals surface area contributed by atoms with Crippen LogP contribution in [0.1, 0.15) is 5.56 Å². The van der Waals surface area contributed by atoms with Crippen molar-refractivity contribution in [2.45, 2.75) is 0 Å². The van der Waals surface area contributed by atoms with E-state index in [-0.39, 0.29) is 0 Å². The van der Waals surface area contributed by atoms with Crippen molar-refractivity contribution in [2.75, 3.05) is 0 Å². The van der Waals surface area contributed by atoms with Crippen LogP contribution < -0.4 is 0 Å². The lowest BCUT2D eigenvalue weighted by Crippen LogP contribution is -1.71. The molecule has 0 fully saturated rings. The topological polar surface area (TPSA) is 0 Å². The van der Waals surface area contributed by atoms with E-state index in [1.807, 2.05) is 4.08 Å². The van der Waals surface area contributed by atoms with E-state index in [2.05, 4.69) is 75.5 Å². The van der Waals surface area contributed by atoms with Crippen molar-refractivity contribution < 1.29 is 0 Å². The molecule has 0 saturated heterocycles. The molecular formula is C8H6I2. The van der Waals surface area contributed by atoms with E-state index in [0.717, 1.165) is 0 Å². The van der Waals surface area contributed by atoms with Gasteiger partial charge in [-0.3, -0.25) is 0 Å². The molecule has 1 aromatic carbocycles. The molecule has 0 saturated carbocycles. The minimum absolute atomic E-state index is 1.26. The van der Waals surface area contributed by atoms with Crippen LogP contribution in [0.3, 0.4) is 0 Å². The van der Waals surface area contributed by atoms with Crippen LogP contribution in [0.25, 0.3) is 6.08 Å². The molecule has 1 aromatic rings. The van der Waals surface area contributed by atoms with Crippen LogP contribution in [0.4, 0.5) is 0 Å². The summed E-state index contributed by atoms with van der Waals surface area (Å²) in [6.45, 7) is 0. The molecule has 10 heavy (non-hydrogen) atoms. The Hall–Kier alpha value is 0.420. The predicted octanol–water partition coefficient (Wildman–Crippen LogP) is 3.70. The summed E-state index contributed by atoms with van der Waals surface area (Å²) in [5, 5.41) is 0. The van der Waals surface area contributed by atoms with E-state index >= 15 is 0 Å². The third-order valence-electron chi connectivity index (χ3n) is 1.13. The quantitative estimate of drug-likeness (QED) is 0.674. The third kappa shape index (κ3) is 2.57. The number of benzene rings is 1. The van der Waals surface area contributed by atoms with Gasteiger partial charge in [0.2, 0.25) is 0 Å². The zero-order valence-electron chi connectivity index (χ0n) is 5.22. The van der Waals surface area contributed by atoms with Gasteiger partial charge in [-0.15, -0.1) is 0 Å². The Balaban J connectivity index is 2.89. The second kappa shape index (κ2) is 4.33. The van der Waals surface area contributed by atoms with Gasteiger partial charge in [0.15, 0.2) is 0 Å². The van der Waals surface area contributed by atoms with E-state index in [9.17, 15) is 0 Å². The molecule has 0 aliphatic rings. The minimum atomic E-state index is 1.26. The highest BCUT2D eigenvalue weighted by molar-refractivity contribution is 14.1. The highest BCUT2D eigenvalue weighted by Crippen LogP contribution is 2.08. The Bertz CT molecular complexity index is 224. The van der Waals surface area contributed by atoms with Gasteiger partial charge in [-0.05, 0) is 50.4 Å². The highest BCUT2D eigenvalue weighted by Gasteiger charge is 1.84. The van der Waals surface area contributed by atoms with Crippen molar-refractivity contribution in [1.82, 2.24) is 0 Å². The molecule has 1 rings (SSSR count). The summed E-state index contributed by atoms with van der Waals surface area (Å²) in [6.07, 6.45) is 2.08. The molecule has 0 amide bonds. The molecule has 0 spiro atoms. The SMILES string of the molecule is IC=Cc1ccc(I)cc1. The van der Waals surface area contributed by atoms with E-state index in [4.69, 9.17) is 0 Å². The number of rotatable bonds is 1. The largest absolute Gasteiger partial charge is 0.0539 e. The third-order valence-corrected chi connectivity index (χ3v) is 2.20. The molecule has 0 unspecified atom stereocenters. The lowest BCUT2D eigenvalue weighted by molar-refractivity contribution is 1.61. The fraction of sp³-hybridized carbons (Fsp3) is 0. The summed E-state index contributed by atoms with van der Waals surface area (Å²) < 4.78 is 3.29. The van der Waals surface area contributed by atoms with Crippen LogP contribution in [-0.4, -0.2) is 0 Å². The standard InChI is InChI=1S/C8H6I2/c9-6-5-7-1-3-8(10)4-2-7/h1-6H. The van der Waals surface area contributed by atoms with Crippen molar-refractivity contribution >= 4 is 51.3 Å². The average molecular weight is 356 g/mol.